The van der Waals surface area contributed by atoms with Gasteiger partial charge in [0, 0.05) is 31.3 Å². The summed E-state index contributed by atoms with van der Waals surface area (Å²) in [6.45, 7) is 2.37. The first-order valence-electron chi connectivity index (χ1n) is 8.38. The molecule has 1 N–H and O–H groups in total. The SMILES string of the molecule is Cc1ccc(N2CC(CNS(=O)(=O)c3ccccc3[N+](=O)[O-])CC2=O)cc1. The van der Waals surface area contributed by atoms with Crippen LogP contribution in [-0.2, 0) is 14.8 Å². The summed E-state index contributed by atoms with van der Waals surface area (Å²) >= 11 is 0. The van der Waals surface area contributed by atoms with Crippen molar-refractivity contribution in [2.75, 3.05) is 18.0 Å². The Labute approximate surface area is 157 Å². The number of rotatable bonds is 6. The highest BCUT2D eigenvalue weighted by Crippen LogP contribution is 2.26. The largest absolute Gasteiger partial charge is 0.312 e. The van der Waals surface area contributed by atoms with E-state index < -0.39 is 20.6 Å². The van der Waals surface area contributed by atoms with Gasteiger partial charge in [-0.1, -0.05) is 29.8 Å². The molecule has 0 saturated carbocycles. The molecule has 1 aliphatic heterocycles. The third-order valence-corrected chi connectivity index (χ3v) is 5.94. The van der Waals surface area contributed by atoms with Crippen LogP contribution in [0.3, 0.4) is 0 Å². The Hall–Kier alpha value is -2.78. The second-order valence-electron chi connectivity index (χ2n) is 6.49. The number of anilines is 1. The Morgan fingerprint density at radius 2 is 1.85 bits per heavy atom. The molecule has 0 aliphatic carbocycles. The Kier molecular flexibility index (Phi) is 5.24. The van der Waals surface area contributed by atoms with Crippen molar-refractivity contribution in [1.82, 2.24) is 4.72 Å². The summed E-state index contributed by atoms with van der Waals surface area (Å²) in [7, 11) is -4.05. The highest BCUT2D eigenvalue weighted by Gasteiger charge is 2.32. The first-order valence-corrected chi connectivity index (χ1v) is 9.86. The normalized spacial score (nSPS) is 17.3. The van der Waals surface area contributed by atoms with Crippen LogP contribution in [0.1, 0.15) is 12.0 Å². The van der Waals surface area contributed by atoms with Gasteiger partial charge in [-0.3, -0.25) is 14.9 Å². The molecule has 1 aliphatic rings. The smallest absolute Gasteiger partial charge is 0.289 e. The molecule has 9 heteroatoms. The summed E-state index contributed by atoms with van der Waals surface area (Å²) in [5.74, 6) is -0.287. The van der Waals surface area contributed by atoms with Crippen LogP contribution in [0, 0.1) is 23.0 Å². The van der Waals surface area contributed by atoms with Crippen molar-refractivity contribution >= 4 is 27.3 Å². The highest BCUT2D eigenvalue weighted by molar-refractivity contribution is 7.89. The van der Waals surface area contributed by atoms with Crippen LogP contribution in [0.5, 0.6) is 0 Å². The van der Waals surface area contributed by atoms with Crippen molar-refractivity contribution in [1.29, 1.82) is 0 Å². The van der Waals surface area contributed by atoms with Gasteiger partial charge in [-0.15, -0.1) is 0 Å². The molecular formula is C18H19N3O5S. The number of nitrogens with one attached hydrogen (secondary N) is 1. The molecule has 0 spiro atoms. The molecule has 2 aromatic rings. The quantitative estimate of drug-likeness (QED) is 0.602. The maximum atomic E-state index is 12.5. The van der Waals surface area contributed by atoms with Crippen LogP contribution in [0.25, 0.3) is 0 Å². The zero-order valence-electron chi connectivity index (χ0n) is 14.7. The number of sulfonamides is 1. The van der Waals surface area contributed by atoms with Gasteiger partial charge < -0.3 is 4.90 Å². The highest BCUT2D eigenvalue weighted by atomic mass is 32.2. The molecule has 8 nitrogen and oxygen atoms in total. The molecule has 1 unspecified atom stereocenters. The molecule has 1 saturated heterocycles. The van der Waals surface area contributed by atoms with Crippen LogP contribution < -0.4 is 9.62 Å². The molecule has 3 rings (SSSR count). The zero-order valence-corrected chi connectivity index (χ0v) is 15.5. The maximum Gasteiger partial charge on any atom is 0.289 e. The summed E-state index contributed by atoms with van der Waals surface area (Å²) in [6.07, 6.45) is 0.216. The number of hydrogen-bond donors (Lipinski definition) is 1. The molecule has 1 amide bonds. The fourth-order valence-corrected chi connectivity index (χ4v) is 4.32. The van der Waals surface area contributed by atoms with E-state index in [0.29, 0.717) is 6.54 Å². The molecule has 1 heterocycles. The van der Waals surface area contributed by atoms with Crippen LogP contribution in [-0.4, -0.2) is 32.3 Å². The van der Waals surface area contributed by atoms with Gasteiger partial charge in [0.25, 0.3) is 5.69 Å². The van der Waals surface area contributed by atoms with Crippen molar-refractivity contribution < 1.29 is 18.1 Å². The van der Waals surface area contributed by atoms with Crippen molar-refractivity contribution in [2.45, 2.75) is 18.2 Å². The van der Waals surface area contributed by atoms with E-state index in [4.69, 9.17) is 0 Å². The summed E-state index contributed by atoms with van der Waals surface area (Å²) < 4.78 is 27.3. The predicted octanol–water partition coefficient (Wildman–Crippen LogP) is 2.23. The number of nitrogens with zero attached hydrogens (tertiary/aromatic N) is 2. The van der Waals surface area contributed by atoms with Crippen molar-refractivity contribution in [3.05, 3.63) is 64.2 Å². The third-order valence-electron chi connectivity index (χ3n) is 4.46. The van der Waals surface area contributed by atoms with Crippen LogP contribution in [0.15, 0.2) is 53.4 Å². The van der Waals surface area contributed by atoms with Gasteiger partial charge >= 0.3 is 0 Å². The van der Waals surface area contributed by atoms with E-state index in [1.54, 1.807) is 4.90 Å². The number of benzene rings is 2. The van der Waals surface area contributed by atoms with E-state index in [9.17, 15) is 23.3 Å². The number of hydrogen-bond acceptors (Lipinski definition) is 5. The maximum absolute atomic E-state index is 12.5. The van der Waals surface area contributed by atoms with Crippen LogP contribution in [0.2, 0.25) is 0 Å². The molecule has 0 bridgehead atoms. The standard InChI is InChI=1S/C18H19N3O5S/c1-13-6-8-15(9-7-13)20-12-14(10-18(20)22)11-19-27(25,26)17-5-3-2-4-16(17)21(23)24/h2-9,14,19H,10-12H2,1H3. The van der Waals surface area contributed by atoms with Gasteiger partial charge in [0.2, 0.25) is 15.9 Å². The third kappa shape index (κ3) is 4.15. The number of para-hydroxylation sites is 1. The summed E-state index contributed by atoms with van der Waals surface area (Å²) in [6, 6.07) is 12.7. The number of carbonyl (C=O) groups excluding carboxylic acids is 1. The van der Waals surface area contributed by atoms with Crippen molar-refractivity contribution in [3.63, 3.8) is 0 Å². The summed E-state index contributed by atoms with van der Waals surface area (Å²) in [5.41, 5.74) is 1.38. The average Bonchev–Trinajstić information content (AvgIpc) is 3.01. The second kappa shape index (κ2) is 7.45. The Morgan fingerprint density at radius 1 is 1.19 bits per heavy atom. The first kappa shape index (κ1) is 19.0. The minimum absolute atomic E-state index is 0.0302. The lowest BCUT2D eigenvalue weighted by Crippen LogP contribution is -2.31. The van der Waals surface area contributed by atoms with Gasteiger partial charge in [-0.2, -0.15) is 0 Å². The van der Waals surface area contributed by atoms with E-state index >= 15 is 0 Å². The fourth-order valence-electron chi connectivity index (χ4n) is 3.03. The van der Waals surface area contributed by atoms with E-state index in [-0.39, 0.29) is 29.7 Å². The minimum Gasteiger partial charge on any atom is -0.312 e. The first-order chi connectivity index (χ1) is 12.8. The average molecular weight is 389 g/mol. The molecule has 1 atom stereocenters. The molecule has 27 heavy (non-hydrogen) atoms. The Morgan fingerprint density at radius 3 is 2.52 bits per heavy atom. The number of nitro benzene ring substituents is 1. The number of nitro groups is 1. The van der Waals surface area contributed by atoms with Gasteiger partial charge in [0.05, 0.1) is 4.92 Å². The lowest BCUT2D eigenvalue weighted by molar-refractivity contribution is -0.387. The van der Waals surface area contributed by atoms with Gasteiger partial charge in [-0.05, 0) is 31.0 Å². The zero-order chi connectivity index (χ0) is 19.6. The monoisotopic (exact) mass is 389 g/mol. The lowest BCUT2D eigenvalue weighted by Gasteiger charge is -2.17. The second-order valence-corrected chi connectivity index (χ2v) is 8.22. The minimum atomic E-state index is -4.05. The van der Waals surface area contributed by atoms with Crippen LogP contribution >= 0.6 is 0 Å². The summed E-state index contributed by atoms with van der Waals surface area (Å²) in [4.78, 5) is 23.8. The molecule has 0 aromatic heterocycles. The molecular weight excluding hydrogens is 370 g/mol. The predicted molar refractivity (Wildman–Crippen MR) is 99.9 cm³/mol. The number of amides is 1. The fraction of sp³-hybridized carbons (Fsp3) is 0.278. The number of aryl methyl sites for hydroxylation is 1. The molecule has 2 aromatic carbocycles. The van der Waals surface area contributed by atoms with Crippen molar-refractivity contribution in [2.24, 2.45) is 5.92 Å². The van der Waals surface area contributed by atoms with Crippen LogP contribution in [0.4, 0.5) is 11.4 Å². The van der Waals surface area contributed by atoms with Gasteiger partial charge in [-0.25, -0.2) is 13.1 Å². The number of carbonyl (C=O) groups is 1. The molecule has 142 valence electrons. The van der Waals surface area contributed by atoms with E-state index in [2.05, 4.69) is 4.72 Å². The Bertz CT molecular complexity index is 973. The van der Waals surface area contributed by atoms with Gasteiger partial charge in [0.1, 0.15) is 0 Å². The molecule has 0 radical (unpaired) electrons. The van der Waals surface area contributed by atoms with Gasteiger partial charge in [0.15, 0.2) is 4.90 Å². The van der Waals surface area contributed by atoms with Crippen molar-refractivity contribution in [3.8, 4) is 0 Å². The lowest BCUT2D eigenvalue weighted by atomic mass is 10.1. The topological polar surface area (TPSA) is 110 Å². The van der Waals surface area contributed by atoms with E-state index in [1.807, 2.05) is 31.2 Å². The summed E-state index contributed by atoms with van der Waals surface area (Å²) in [5, 5.41) is 11.1. The van der Waals surface area contributed by atoms with E-state index in [0.717, 1.165) is 17.3 Å². The Balaban J connectivity index is 1.69. The molecule has 1 fully saturated rings. The van der Waals surface area contributed by atoms with E-state index in [1.165, 1.54) is 18.2 Å².